The van der Waals surface area contributed by atoms with Crippen molar-refractivity contribution in [1.82, 2.24) is 4.98 Å². The monoisotopic (exact) mass is 309 g/mol. The molecule has 0 amide bonds. The summed E-state index contributed by atoms with van der Waals surface area (Å²) in [5.41, 5.74) is 7.30. The van der Waals surface area contributed by atoms with Crippen molar-refractivity contribution in [3.63, 3.8) is 0 Å². The summed E-state index contributed by atoms with van der Waals surface area (Å²) >= 11 is 9.12. The van der Waals surface area contributed by atoms with Crippen LogP contribution < -0.4 is 5.73 Å². The fourth-order valence-electron chi connectivity index (χ4n) is 1.24. The summed E-state index contributed by atoms with van der Waals surface area (Å²) in [5.74, 6) is 0.401. The number of aromatic nitrogens is 1. The van der Waals surface area contributed by atoms with Crippen molar-refractivity contribution >= 4 is 45.3 Å². The zero-order valence-electron chi connectivity index (χ0n) is 8.77. The summed E-state index contributed by atoms with van der Waals surface area (Å²) in [6.45, 7) is 0. The third kappa shape index (κ3) is 3.28. The summed E-state index contributed by atoms with van der Waals surface area (Å²) < 4.78 is 0.843. The highest BCUT2D eigenvalue weighted by atomic mass is 79.9. The van der Waals surface area contributed by atoms with Crippen LogP contribution in [0.5, 0.6) is 0 Å². The maximum absolute atomic E-state index is 5.79. The highest BCUT2D eigenvalue weighted by molar-refractivity contribution is 9.10. The van der Waals surface area contributed by atoms with Crippen LogP contribution in [0.4, 0.5) is 11.5 Å². The maximum Gasteiger partial charge on any atom is 0.149 e. The van der Waals surface area contributed by atoms with Gasteiger partial charge in [-0.3, -0.25) is 4.99 Å². The third-order valence-corrected chi connectivity index (χ3v) is 2.77. The van der Waals surface area contributed by atoms with Crippen molar-refractivity contribution in [1.29, 1.82) is 0 Å². The van der Waals surface area contributed by atoms with E-state index in [1.165, 1.54) is 0 Å². The lowest BCUT2D eigenvalue weighted by Crippen LogP contribution is -1.90. The topological polar surface area (TPSA) is 51.3 Å². The highest BCUT2D eigenvalue weighted by Crippen LogP contribution is 2.23. The molecule has 0 aliphatic rings. The lowest BCUT2D eigenvalue weighted by Gasteiger charge is -1.99. The number of pyridine rings is 1. The molecule has 86 valence electrons. The van der Waals surface area contributed by atoms with Gasteiger partial charge in [0, 0.05) is 21.9 Å². The molecule has 0 saturated heterocycles. The van der Waals surface area contributed by atoms with Crippen molar-refractivity contribution < 1.29 is 0 Å². The number of aliphatic imine (C=N–C) groups is 1. The van der Waals surface area contributed by atoms with E-state index in [1.807, 2.05) is 30.3 Å². The minimum Gasteiger partial charge on any atom is -0.382 e. The van der Waals surface area contributed by atoms with Gasteiger partial charge in [-0.25, -0.2) is 4.98 Å². The van der Waals surface area contributed by atoms with Crippen molar-refractivity contribution in [3.8, 4) is 0 Å². The van der Waals surface area contributed by atoms with E-state index in [9.17, 15) is 0 Å². The number of benzene rings is 1. The van der Waals surface area contributed by atoms with E-state index in [-0.39, 0.29) is 0 Å². The Bertz CT molecular complexity index is 552. The summed E-state index contributed by atoms with van der Waals surface area (Å²) in [6, 6.07) is 9.20. The Morgan fingerprint density at radius 2 is 2.00 bits per heavy atom. The molecule has 0 spiro atoms. The standard InChI is InChI=1S/C12H9BrClN3/c13-9-5-11(12(15)17-7-9)16-6-8-1-3-10(14)4-2-8/h1-7H,(H2,15,17). The van der Waals surface area contributed by atoms with Crippen molar-refractivity contribution in [2.75, 3.05) is 5.73 Å². The molecule has 0 aliphatic carbocycles. The second kappa shape index (κ2) is 5.29. The van der Waals surface area contributed by atoms with E-state index < -0.39 is 0 Å². The third-order valence-electron chi connectivity index (χ3n) is 2.09. The fourth-order valence-corrected chi connectivity index (χ4v) is 1.68. The molecule has 3 nitrogen and oxygen atoms in total. The van der Waals surface area contributed by atoms with Gasteiger partial charge in [-0.1, -0.05) is 23.7 Å². The fraction of sp³-hybridized carbons (Fsp3) is 0. The second-order valence-corrected chi connectivity index (χ2v) is 4.72. The molecule has 2 rings (SSSR count). The number of anilines is 1. The van der Waals surface area contributed by atoms with Gasteiger partial charge in [-0.05, 0) is 39.7 Å². The molecule has 0 aliphatic heterocycles. The van der Waals surface area contributed by atoms with Crippen LogP contribution in [-0.2, 0) is 0 Å². The zero-order chi connectivity index (χ0) is 12.3. The van der Waals surface area contributed by atoms with Crippen molar-refractivity contribution in [2.45, 2.75) is 0 Å². The smallest absolute Gasteiger partial charge is 0.149 e. The van der Waals surface area contributed by atoms with E-state index in [1.54, 1.807) is 12.4 Å². The molecule has 1 aromatic heterocycles. The van der Waals surface area contributed by atoms with Gasteiger partial charge in [0.15, 0.2) is 0 Å². The molecular formula is C12H9BrClN3. The Morgan fingerprint density at radius 3 is 2.71 bits per heavy atom. The average molecular weight is 311 g/mol. The Labute approximate surface area is 112 Å². The Balaban J connectivity index is 2.25. The second-order valence-electron chi connectivity index (χ2n) is 3.37. The summed E-state index contributed by atoms with van der Waals surface area (Å²) in [6.07, 6.45) is 3.35. The first-order valence-corrected chi connectivity index (χ1v) is 6.03. The van der Waals surface area contributed by atoms with Crippen LogP contribution in [0, 0.1) is 0 Å². The van der Waals surface area contributed by atoms with Crippen molar-refractivity contribution in [2.24, 2.45) is 4.99 Å². The molecule has 0 atom stereocenters. The molecular weight excluding hydrogens is 302 g/mol. The summed E-state index contributed by atoms with van der Waals surface area (Å²) in [5, 5.41) is 0.700. The Hall–Kier alpha value is -1.39. The molecule has 1 heterocycles. The Kier molecular flexibility index (Phi) is 3.76. The summed E-state index contributed by atoms with van der Waals surface area (Å²) in [4.78, 5) is 8.28. The molecule has 5 heteroatoms. The van der Waals surface area contributed by atoms with Crippen LogP contribution in [0.1, 0.15) is 5.56 Å². The number of nitrogens with zero attached hydrogens (tertiary/aromatic N) is 2. The van der Waals surface area contributed by atoms with Crippen LogP contribution in [-0.4, -0.2) is 11.2 Å². The van der Waals surface area contributed by atoms with Crippen LogP contribution in [0.2, 0.25) is 5.02 Å². The first-order valence-electron chi connectivity index (χ1n) is 4.86. The molecule has 0 bridgehead atoms. The number of halogens is 2. The first kappa shape index (κ1) is 12.1. The van der Waals surface area contributed by atoms with Gasteiger partial charge in [0.2, 0.25) is 0 Å². The number of hydrogen-bond donors (Lipinski definition) is 1. The van der Waals surface area contributed by atoms with Crippen LogP contribution in [0.25, 0.3) is 0 Å². The van der Waals surface area contributed by atoms with E-state index in [4.69, 9.17) is 17.3 Å². The average Bonchev–Trinajstić information content (AvgIpc) is 2.32. The van der Waals surface area contributed by atoms with Gasteiger partial charge in [0.05, 0.1) is 0 Å². The maximum atomic E-state index is 5.79. The molecule has 0 saturated carbocycles. The SMILES string of the molecule is Nc1ncc(Br)cc1N=Cc1ccc(Cl)cc1. The van der Waals surface area contributed by atoms with Crippen LogP contribution in [0.15, 0.2) is 46.0 Å². The molecule has 0 fully saturated rings. The van der Waals surface area contributed by atoms with E-state index in [0.29, 0.717) is 16.5 Å². The molecule has 2 N–H and O–H groups in total. The largest absolute Gasteiger partial charge is 0.382 e. The lowest BCUT2D eigenvalue weighted by molar-refractivity contribution is 1.30. The summed E-state index contributed by atoms with van der Waals surface area (Å²) in [7, 11) is 0. The number of rotatable bonds is 2. The molecule has 0 radical (unpaired) electrons. The number of nitrogens with two attached hydrogens (primary N) is 1. The molecule has 17 heavy (non-hydrogen) atoms. The Morgan fingerprint density at radius 1 is 1.29 bits per heavy atom. The molecule has 1 aromatic carbocycles. The first-order chi connectivity index (χ1) is 8.15. The van der Waals surface area contributed by atoms with E-state index >= 15 is 0 Å². The van der Waals surface area contributed by atoms with Crippen LogP contribution in [0.3, 0.4) is 0 Å². The van der Waals surface area contributed by atoms with Crippen molar-refractivity contribution in [3.05, 3.63) is 51.6 Å². The number of nitrogen functional groups attached to an aromatic ring is 1. The normalized spacial score (nSPS) is 10.9. The molecule has 2 aromatic rings. The predicted molar refractivity (Wildman–Crippen MR) is 75.1 cm³/mol. The minimum atomic E-state index is 0.401. The number of hydrogen-bond acceptors (Lipinski definition) is 3. The van der Waals surface area contributed by atoms with Gasteiger partial charge in [0.1, 0.15) is 11.5 Å². The minimum absolute atomic E-state index is 0.401. The van der Waals surface area contributed by atoms with Gasteiger partial charge >= 0.3 is 0 Å². The van der Waals surface area contributed by atoms with E-state index in [0.717, 1.165) is 10.0 Å². The predicted octanol–water partition coefficient (Wildman–Crippen LogP) is 3.83. The zero-order valence-corrected chi connectivity index (χ0v) is 11.1. The van der Waals surface area contributed by atoms with Gasteiger partial charge in [-0.15, -0.1) is 0 Å². The van der Waals surface area contributed by atoms with Crippen LogP contribution >= 0.6 is 27.5 Å². The van der Waals surface area contributed by atoms with Gasteiger partial charge < -0.3 is 5.73 Å². The van der Waals surface area contributed by atoms with Gasteiger partial charge in [0.25, 0.3) is 0 Å². The lowest BCUT2D eigenvalue weighted by atomic mass is 10.2. The molecule has 0 unspecified atom stereocenters. The van der Waals surface area contributed by atoms with Gasteiger partial charge in [-0.2, -0.15) is 0 Å². The highest BCUT2D eigenvalue weighted by Gasteiger charge is 1.98. The quantitative estimate of drug-likeness (QED) is 0.857. The van der Waals surface area contributed by atoms with E-state index in [2.05, 4.69) is 25.9 Å².